The molecule has 7 heteroatoms. The van der Waals surface area contributed by atoms with Crippen molar-refractivity contribution < 1.29 is 4.79 Å². The highest BCUT2D eigenvalue weighted by Gasteiger charge is 2.22. The standard InChI is InChI=1S/C25H27N5O2/c1-17-6-5-9-21(18(17)2)28-12-14-29(15-13-28)22(31)10-11-30-16-26-23-19-7-3-4-8-20(19)27-24(23)25(30)32/h3-9,16,27H,10-15H2,1-2H3. The summed E-state index contributed by atoms with van der Waals surface area (Å²) in [6.45, 7) is 7.63. The minimum atomic E-state index is -0.140. The molecule has 5 rings (SSSR count). The van der Waals surface area contributed by atoms with E-state index in [2.05, 4.69) is 46.9 Å². The number of anilines is 1. The first-order valence-electron chi connectivity index (χ1n) is 11.1. The Morgan fingerprint density at radius 1 is 1.03 bits per heavy atom. The number of hydrogen-bond acceptors (Lipinski definition) is 4. The highest BCUT2D eigenvalue weighted by molar-refractivity contribution is 6.04. The summed E-state index contributed by atoms with van der Waals surface area (Å²) >= 11 is 0. The van der Waals surface area contributed by atoms with Crippen LogP contribution in [0.1, 0.15) is 17.5 Å². The van der Waals surface area contributed by atoms with Gasteiger partial charge in [-0.2, -0.15) is 0 Å². The minimum Gasteiger partial charge on any atom is -0.368 e. The summed E-state index contributed by atoms with van der Waals surface area (Å²) in [6.07, 6.45) is 1.84. The smallest absolute Gasteiger partial charge is 0.277 e. The maximum Gasteiger partial charge on any atom is 0.277 e. The van der Waals surface area contributed by atoms with Gasteiger partial charge in [0.2, 0.25) is 5.91 Å². The lowest BCUT2D eigenvalue weighted by Crippen LogP contribution is -2.49. The number of hydrogen-bond donors (Lipinski definition) is 1. The van der Waals surface area contributed by atoms with E-state index in [1.54, 1.807) is 6.33 Å². The summed E-state index contributed by atoms with van der Waals surface area (Å²) in [5.41, 5.74) is 5.75. The Morgan fingerprint density at radius 2 is 1.81 bits per heavy atom. The molecule has 0 aliphatic carbocycles. The second kappa shape index (κ2) is 8.15. The molecule has 7 nitrogen and oxygen atoms in total. The van der Waals surface area contributed by atoms with Crippen molar-refractivity contribution in [3.63, 3.8) is 0 Å². The Hall–Kier alpha value is -3.61. The normalized spacial score (nSPS) is 14.4. The number of H-pyrrole nitrogens is 1. The Balaban J connectivity index is 1.24. The van der Waals surface area contributed by atoms with Gasteiger partial charge in [-0.05, 0) is 37.1 Å². The zero-order chi connectivity index (χ0) is 22.2. The van der Waals surface area contributed by atoms with E-state index in [9.17, 15) is 9.59 Å². The lowest BCUT2D eigenvalue weighted by molar-refractivity contribution is -0.131. The Labute approximate surface area is 186 Å². The summed E-state index contributed by atoms with van der Waals surface area (Å²) in [5.74, 6) is 0.0780. The highest BCUT2D eigenvalue weighted by atomic mass is 16.2. The number of fused-ring (bicyclic) bond motifs is 3. The largest absolute Gasteiger partial charge is 0.368 e. The van der Waals surface area contributed by atoms with Crippen molar-refractivity contribution in [2.45, 2.75) is 26.8 Å². The van der Waals surface area contributed by atoms with Crippen LogP contribution >= 0.6 is 0 Å². The molecule has 2 aromatic heterocycles. The van der Waals surface area contributed by atoms with Crippen LogP contribution in [0.3, 0.4) is 0 Å². The van der Waals surface area contributed by atoms with Crippen LogP contribution in [0.4, 0.5) is 5.69 Å². The van der Waals surface area contributed by atoms with Crippen molar-refractivity contribution >= 4 is 33.5 Å². The van der Waals surface area contributed by atoms with Gasteiger partial charge < -0.3 is 14.8 Å². The molecule has 2 aromatic carbocycles. The number of aryl methyl sites for hydroxylation is 2. The third-order valence-electron chi connectivity index (χ3n) is 6.60. The van der Waals surface area contributed by atoms with E-state index in [1.807, 2.05) is 29.2 Å². The van der Waals surface area contributed by atoms with Crippen molar-refractivity contribution in [3.8, 4) is 0 Å². The van der Waals surface area contributed by atoms with Crippen molar-refractivity contribution in [1.29, 1.82) is 0 Å². The maximum atomic E-state index is 12.9. The summed E-state index contributed by atoms with van der Waals surface area (Å²) in [4.78, 5) is 37.6. The first-order chi connectivity index (χ1) is 15.5. The molecule has 0 atom stereocenters. The highest BCUT2D eigenvalue weighted by Crippen LogP contribution is 2.24. The number of benzene rings is 2. The molecule has 0 saturated carbocycles. The molecule has 1 aliphatic heterocycles. The first-order valence-corrected chi connectivity index (χ1v) is 11.1. The van der Waals surface area contributed by atoms with Gasteiger partial charge in [-0.15, -0.1) is 0 Å². The van der Waals surface area contributed by atoms with Gasteiger partial charge >= 0.3 is 0 Å². The van der Waals surface area contributed by atoms with Crippen LogP contribution in [0, 0.1) is 13.8 Å². The molecule has 1 amide bonds. The molecular weight excluding hydrogens is 402 g/mol. The number of aromatic nitrogens is 3. The van der Waals surface area contributed by atoms with Gasteiger partial charge in [0.15, 0.2) is 0 Å². The van der Waals surface area contributed by atoms with Crippen molar-refractivity contribution in [2.75, 3.05) is 31.1 Å². The molecule has 3 heterocycles. The SMILES string of the molecule is Cc1cccc(N2CCN(C(=O)CCn3cnc4c([nH]c5ccccc54)c3=O)CC2)c1C. The molecule has 0 bridgehead atoms. The molecule has 1 aliphatic rings. The Kier molecular flexibility index (Phi) is 5.17. The molecule has 0 radical (unpaired) electrons. The summed E-state index contributed by atoms with van der Waals surface area (Å²) < 4.78 is 1.53. The second-order valence-corrected chi connectivity index (χ2v) is 8.47. The van der Waals surface area contributed by atoms with E-state index >= 15 is 0 Å². The molecule has 4 aromatic rings. The number of nitrogens with one attached hydrogen (secondary N) is 1. The first kappa shape index (κ1) is 20.3. The van der Waals surface area contributed by atoms with Gasteiger partial charge in [0.25, 0.3) is 5.56 Å². The van der Waals surface area contributed by atoms with E-state index < -0.39 is 0 Å². The van der Waals surface area contributed by atoms with Crippen LogP contribution < -0.4 is 10.5 Å². The third kappa shape index (κ3) is 3.53. The monoisotopic (exact) mass is 429 g/mol. The summed E-state index contributed by atoms with van der Waals surface area (Å²) in [7, 11) is 0. The predicted octanol–water partition coefficient (Wildman–Crippen LogP) is 3.23. The lowest BCUT2D eigenvalue weighted by Gasteiger charge is -2.37. The minimum absolute atomic E-state index is 0.0780. The number of aromatic amines is 1. The number of nitrogens with zero attached hydrogens (tertiary/aromatic N) is 4. The van der Waals surface area contributed by atoms with Crippen LogP contribution in [-0.2, 0) is 11.3 Å². The quantitative estimate of drug-likeness (QED) is 0.541. The van der Waals surface area contributed by atoms with E-state index in [1.165, 1.54) is 21.4 Å². The van der Waals surface area contributed by atoms with Gasteiger partial charge in [-0.25, -0.2) is 4.98 Å². The van der Waals surface area contributed by atoms with E-state index in [0.717, 1.165) is 24.0 Å². The van der Waals surface area contributed by atoms with Gasteiger partial charge in [0, 0.05) is 55.7 Å². The van der Waals surface area contributed by atoms with Crippen LogP contribution in [0.2, 0.25) is 0 Å². The zero-order valence-corrected chi connectivity index (χ0v) is 18.5. The fraction of sp³-hybridized carbons (Fsp3) is 0.320. The molecule has 1 N–H and O–H groups in total. The van der Waals surface area contributed by atoms with Gasteiger partial charge in [0.05, 0.1) is 6.33 Å². The zero-order valence-electron chi connectivity index (χ0n) is 18.5. The topological polar surface area (TPSA) is 74.2 Å². The van der Waals surface area contributed by atoms with E-state index in [4.69, 9.17) is 0 Å². The number of piperazine rings is 1. The average Bonchev–Trinajstić information content (AvgIpc) is 3.20. The molecular formula is C25H27N5O2. The average molecular weight is 430 g/mol. The predicted molar refractivity (Wildman–Crippen MR) is 127 cm³/mol. The number of carbonyl (C=O) groups excluding carboxylic acids is 1. The molecule has 1 saturated heterocycles. The number of carbonyl (C=O) groups is 1. The van der Waals surface area contributed by atoms with Crippen molar-refractivity contribution in [3.05, 3.63) is 70.3 Å². The maximum absolute atomic E-state index is 12.9. The van der Waals surface area contributed by atoms with Gasteiger partial charge in [0.1, 0.15) is 11.0 Å². The summed E-state index contributed by atoms with van der Waals surface area (Å²) in [5, 5.41) is 0.935. The van der Waals surface area contributed by atoms with Gasteiger partial charge in [-0.3, -0.25) is 14.2 Å². The molecule has 0 spiro atoms. The van der Waals surface area contributed by atoms with Crippen molar-refractivity contribution in [2.24, 2.45) is 0 Å². The van der Waals surface area contributed by atoms with E-state index in [-0.39, 0.29) is 17.9 Å². The van der Waals surface area contributed by atoms with Crippen LogP contribution in [-0.4, -0.2) is 51.5 Å². The molecule has 32 heavy (non-hydrogen) atoms. The fourth-order valence-corrected chi connectivity index (χ4v) is 4.55. The van der Waals surface area contributed by atoms with Crippen LogP contribution in [0.5, 0.6) is 0 Å². The van der Waals surface area contributed by atoms with Crippen LogP contribution in [0.15, 0.2) is 53.6 Å². The van der Waals surface area contributed by atoms with E-state index in [0.29, 0.717) is 30.7 Å². The fourth-order valence-electron chi connectivity index (χ4n) is 4.55. The number of rotatable bonds is 4. The molecule has 164 valence electrons. The van der Waals surface area contributed by atoms with Crippen molar-refractivity contribution in [1.82, 2.24) is 19.4 Å². The molecule has 1 fully saturated rings. The third-order valence-corrected chi connectivity index (χ3v) is 6.60. The summed E-state index contributed by atoms with van der Waals surface area (Å²) in [6, 6.07) is 14.1. The Bertz CT molecular complexity index is 1360. The van der Waals surface area contributed by atoms with Crippen LogP contribution in [0.25, 0.3) is 21.9 Å². The lowest BCUT2D eigenvalue weighted by atomic mass is 10.1. The Morgan fingerprint density at radius 3 is 2.62 bits per heavy atom. The second-order valence-electron chi connectivity index (χ2n) is 8.47. The number of amides is 1. The van der Waals surface area contributed by atoms with Gasteiger partial charge in [-0.1, -0.05) is 30.3 Å². The molecule has 0 unspecified atom stereocenters. The number of para-hydroxylation sites is 1.